The van der Waals surface area contributed by atoms with Crippen molar-refractivity contribution in [3.05, 3.63) is 0 Å². The number of nitrogens with one attached hydrogen (secondary N) is 1. The van der Waals surface area contributed by atoms with E-state index < -0.39 is 0 Å². The van der Waals surface area contributed by atoms with Gasteiger partial charge in [-0.2, -0.15) is 0 Å². The lowest BCUT2D eigenvalue weighted by Gasteiger charge is -2.40. The van der Waals surface area contributed by atoms with Crippen molar-refractivity contribution in [2.24, 2.45) is 11.8 Å². The van der Waals surface area contributed by atoms with Crippen LogP contribution in [0.5, 0.6) is 0 Å². The number of fused-ring (bicyclic) bond motifs is 2. The molecule has 1 aliphatic carbocycles. The molecular formula is C14H25NO. The number of hydrogen-bond donors (Lipinski definition) is 1. The fourth-order valence-corrected chi connectivity index (χ4v) is 3.83. The van der Waals surface area contributed by atoms with Crippen LogP contribution in [-0.2, 0) is 4.74 Å². The van der Waals surface area contributed by atoms with E-state index in [-0.39, 0.29) is 0 Å². The van der Waals surface area contributed by atoms with Gasteiger partial charge >= 0.3 is 0 Å². The Morgan fingerprint density at radius 1 is 1.25 bits per heavy atom. The molecule has 2 nitrogen and oxygen atoms in total. The summed E-state index contributed by atoms with van der Waals surface area (Å²) in [5, 5.41) is 3.82. The van der Waals surface area contributed by atoms with Crippen LogP contribution >= 0.6 is 0 Å². The molecule has 4 atom stereocenters. The molecule has 0 spiro atoms. The SMILES string of the molecule is CCCNC(C1CCC1)C1CC2CCC1O2. The van der Waals surface area contributed by atoms with Crippen LogP contribution in [0.15, 0.2) is 0 Å². The molecule has 2 saturated heterocycles. The molecule has 2 heteroatoms. The maximum Gasteiger partial charge on any atom is 0.0623 e. The number of rotatable bonds is 5. The van der Waals surface area contributed by atoms with Gasteiger partial charge in [-0.15, -0.1) is 0 Å². The van der Waals surface area contributed by atoms with Crippen LogP contribution in [0.1, 0.15) is 51.9 Å². The van der Waals surface area contributed by atoms with E-state index in [1.807, 2.05) is 0 Å². The first-order valence-electron chi connectivity index (χ1n) is 7.27. The Morgan fingerprint density at radius 3 is 2.62 bits per heavy atom. The van der Waals surface area contributed by atoms with Crippen molar-refractivity contribution in [2.75, 3.05) is 6.54 Å². The minimum absolute atomic E-state index is 0.597. The van der Waals surface area contributed by atoms with E-state index in [9.17, 15) is 0 Å². The predicted octanol–water partition coefficient (Wildman–Crippen LogP) is 2.72. The van der Waals surface area contributed by atoms with E-state index in [0.29, 0.717) is 12.2 Å². The number of hydrogen-bond acceptors (Lipinski definition) is 2. The summed E-state index contributed by atoms with van der Waals surface area (Å²) in [4.78, 5) is 0. The maximum atomic E-state index is 6.02. The molecule has 0 amide bonds. The lowest BCUT2D eigenvalue weighted by Crippen LogP contribution is -2.48. The third kappa shape index (κ3) is 1.91. The van der Waals surface area contributed by atoms with E-state index in [4.69, 9.17) is 4.74 Å². The Labute approximate surface area is 99.1 Å². The van der Waals surface area contributed by atoms with E-state index >= 15 is 0 Å². The van der Waals surface area contributed by atoms with Crippen molar-refractivity contribution >= 4 is 0 Å². The predicted molar refractivity (Wildman–Crippen MR) is 65.4 cm³/mol. The van der Waals surface area contributed by atoms with Crippen LogP contribution in [0.4, 0.5) is 0 Å². The van der Waals surface area contributed by atoms with Crippen LogP contribution in [0.2, 0.25) is 0 Å². The van der Waals surface area contributed by atoms with Crippen LogP contribution in [-0.4, -0.2) is 24.8 Å². The van der Waals surface area contributed by atoms with Crippen LogP contribution < -0.4 is 5.32 Å². The molecule has 0 aromatic rings. The van der Waals surface area contributed by atoms with E-state index in [1.165, 1.54) is 51.5 Å². The molecule has 3 rings (SSSR count). The minimum atomic E-state index is 0.597. The third-order valence-electron chi connectivity index (χ3n) is 4.90. The van der Waals surface area contributed by atoms with Crippen molar-refractivity contribution in [1.29, 1.82) is 0 Å². The molecule has 2 aliphatic heterocycles. The van der Waals surface area contributed by atoms with Crippen molar-refractivity contribution in [3.8, 4) is 0 Å². The zero-order valence-corrected chi connectivity index (χ0v) is 10.5. The molecular weight excluding hydrogens is 198 g/mol. The normalized spacial score (nSPS) is 39.9. The molecule has 2 heterocycles. The summed E-state index contributed by atoms with van der Waals surface area (Å²) >= 11 is 0. The highest BCUT2D eigenvalue weighted by Gasteiger charge is 2.46. The summed E-state index contributed by atoms with van der Waals surface area (Å²) in [5.74, 6) is 1.79. The van der Waals surface area contributed by atoms with Gasteiger partial charge in [-0.25, -0.2) is 0 Å². The average Bonchev–Trinajstić information content (AvgIpc) is 2.82. The summed E-state index contributed by atoms with van der Waals surface area (Å²) in [6.07, 6.45) is 10.8. The lowest BCUT2D eigenvalue weighted by molar-refractivity contribution is 0.0706. The van der Waals surface area contributed by atoms with Crippen LogP contribution in [0.25, 0.3) is 0 Å². The molecule has 92 valence electrons. The summed E-state index contributed by atoms with van der Waals surface area (Å²) in [6, 6.07) is 0.768. The minimum Gasteiger partial charge on any atom is -0.375 e. The van der Waals surface area contributed by atoms with Gasteiger partial charge in [-0.3, -0.25) is 0 Å². The summed E-state index contributed by atoms with van der Waals surface area (Å²) in [6.45, 7) is 3.46. The first-order valence-corrected chi connectivity index (χ1v) is 7.27. The van der Waals surface area contributed by atoms with Gasteiger partial charge in [0, 0.05) is 12.0 Å². The highest BCUT2D eigenvalue weighted by molar-refractivity contribution is 4.98. The maximum absolute atomic E-state index is 6.02. The van der Waals surface area contributed by atoms with Gasteiger partial charge in [0.25, 0.3) is 0 Å². The molecule has 0 radical (unpaired) electrons. The first-order chi connectivity index (χ1) is 7.88. The zero-order chi connectivity index (χ0) is 11.0. The van der Waals surface area contributed by atoms with Gasteiger partial charge in [0.1, 0.15) is 0 Å². The van der Waals surface area contributed by atoms with Gasteiger partial charge in [0.2, 0.25) is 0 Å². The van der Waals surface area contributed by atoms with Gasteiger partial charge < -0.3 is 10.1 Å². The van der Waals surface area contributed by atoms with Crippen LogP contribution in [0.3, 0.4) is 0 Å². The van der Waals surface area contributed by atoms with Crippen molar-refractivity contribution in [2.45, 2.75) is 70.1 Å². The monoisotopic (exact) mass is 223 g/mol. The summed E-state index contributed by atoms with van der Waals surface area (Å²) in [5.41, 5.74) is 0. The fraction of sp³-hybridized carbons (Fsp3) is 1.00. The Hall–Kier alpha value is -0.0800. The molecule has 0 aromatic carbocycles. The molecule has 1 saturated carbocycles. The molecule has 4 unspecified atom stereocenters. The molecule has 3 aliphatic rings. The topological polar surface area (TPSA) is 21.3 Å². The van der Waals surface area contributed by atoms with Gasteiger partial charge in [-0.1, -0.05) is 13.3 Å². The Kier molecular flexibility index (Phi) is 3.21. The van der Waals surface area contributed by atoms with E-state index in [0.717, 1.165) is 17.9 Å². The second-order valence-electron chi connectivity index (χ2n) is 5.94. The van der Waals surface area contributed by atoms with E-state index in [1.54, 1.807) is 0 Å². The standard InChI is InChI=1S/C14H25NO/c1-2-8-15-14(10-4-3-5-10)12-9-11-6-7-13(12)16-11/h10-15H,2-9H2,1H3. The van der Waals surface area contributed by atoms with Crippen molar-refractivity contribution < 1.29 is 4.74 Å². The lowest BCUT2D eigenvalue weighted by atomic mass is 9.71. The molecule has 16 heavy (non-hydrogen) atoms. The first kappa shape index (κ1) is 11.0. The quantitative estimate of drug-likeness (QED) is 0.774. The highest BCUT2D eigenvalue weighted by Crippen LogP contribution is 2.44. The smallest absolute Gasteiger partial charge is 0.0623 e. The second kappa shape index (κ2) is 4.66. The van der Waals surface area contributed by atoms with Gasteiger partial charge in [-0.05, 0) is 51.0 Å². The fourth-order valence-electron chi connectivity index (χ4n) is 3.83. The number of ether oxygens (including phenoxy) is 1. The zero-order valence-electron chi connectivity index (χ0n) is 10.5. The average molecular weight is 223 g/mol. The van der Waals surface area contributed by atoms with E-state index in [2.05, 4.69) is 12.2 Å². The summed E-state index contributed by atoms with van der Waals surface area (Å²) in [7, 11) is 0. The van der Waals surface area contributed by atoms with Gasteiger partial charge in [0.05, 0.1) is 12.2 Å². The van der Waals surface area contributed by atoms with Crippen molar-refractivity contribution in [1.82, 2.24) is 5.32 Å². The molecule has 2 bridgehead atoms. The van der Waals surface area contributed by atoms with Gasteiger partial charge in [0.15, 0.2) is 0 Å². The molecule has 3 fully saturated rings. The highest BCUT2D eigenvalue weighted by atomic mass is 16.5. The summed E-state index contributed by atoms with van der Waals surface area (Å²) < 4.78 is 6.02. The van der Waals surface area contributed by atoms with Crippen LogP contribution in [0, 0.1) is 11.8 Å². The third-order valence-corrected chi connectivity index (χ3v) is 4.90. The molecule has 0 aromatic heterocycles. The molecule has 1 N–H and O–H groups in total. The Balaban J connectivity index is 1.62. The Morgan fingerprint density at radius 2 is 2.12 bits per heavy atom. The largest absolute Gasteiger partial charge is 0.375 e. The Bertz CT molecular complexity index is 239. The van der Waals surface area contributed by atoms with Crippen molar-refractivity contribution in [3.63, 3.8) is 0 Å². The second-order valence-corrected chi connectivity index (χ2v) is 5.94.